The molecule has 1 aromatic heterocycles. The minimum Gasteiger partial charge on any atom is -0.492 e. The minimum absolute atomic E-state index is 0.464. The number of sulfonamides is 1. The molecule has 0 atom stereocenters. The summed E-state index contributed by atoms with van der Waals surface area (Å²) in [7, 11) is -3.35. The number of rotatable bonds is 7. The van der Waals surface area contributed by atoms with Gasteiger partial charge < -0.3 is 4.74 Å². The SMILES string of the molecule is CCc1ccc(S(=O)(=O)N2CCN(CCOc3cccc(C)c3)CC2)s1. The molecule has 2 heterocycles. The summed E-state index contributed by atoms with van der Waals surface area (Å²) in [5.74, 6) is 0.885. The zero-order valence-electron chi connectivity index (χ0n) is 15.3. The molecular formula is C19H26N2O3S2. The van der Waals surface area contributed by atoms with E-state index in [0.29, 0.717) is 23.9 Å². The molecule has 0 saturated carbocycles. The van der Waals surface area contributed by atoms with Crippen LogP contribution in [0, 0.1) is 6.92 Å². The molecule has 0 bridgehead atoms. The van der Waals surface area contributed by atoms with Crippen molar-refractivity contribution in [1.29, 1.82) is 0 Å². The molecule has 0 unspecified atom stereocenters. The molecule has 3 rings (SSSR count). The van der Waals surface area contributed by atoms with Gasteiger partial charge in [-0.1, -0.05) is 19.1 Å². The number of ether oxygens (including phenoxy) is 1. The Kier molecular flexibility index (Phi) is 6.34. The summed E-state index contributed by atoms with van der Waals surface area (Å²) >= 11 is 1.38. The highest BCUT2D eigenvalue weighted by molar-refractivity contribution is 7.91. The Bertz CT molecular complexity index is 825. The molecular weight excluding hydrogens is 368 g/mol. The topological polar surface area (TPSA) is 49.9 Å². The second-order valence-corrected chi connectivity index (χ2v) is 9.82. The van der Waals surface area contributed by atoms with Gasteiger partial charge >= 0.3 is 0 Å². The van der Waals surface area contributed by atoms with Crippen LogP contribution in [-0.4, -0.2) is 57.0 Å². The Morgan fingerprint density at radius 1 is 1.12 bits per heavy atom. The fourth-order valence-electron chi connectivity index (χ4n) is 3.01. The summed E-state index contributed by atoms with van der Waals surface area (Å²) in [5.41, 5.74) is 1.18. The van der Waals surface area contributed by atoms with Crippen molar-refractivity contribution >= 4 is 21.4 Å². The van der Waals surface area contributed by atoms with E-state index in [2.05, 4.69) is 4.90 Å². The van der Waals surface area contributed by atoms with Crippen LogP contribution in [0.15, 0.2) is 40.6 Å². The fourth-order valence-corrected chi connectivity index (χ4v) is 5.88. The van der Waals surface area contributed by atoms with E-state index in [1.165, 1.54) is 16.9 Å². The van der Waals surface area contributed by atoms with Gasteiger partial charge in [-0.2, -0.15) is 4.31 Å². The Hall–Kier alpha value is -1.41. The van der Waals surface area contributed by atoms with Gasteiger partial charge in [0, 0.05) is 37.6 Å². The third-order valence-corrected chi connectivity index (χ3v) is 8.17. The van der Waals surface area contributed by atoms with Crippen LogP contribution in [0.2, 0.25) is 0 Å². The quantitative estimate of drug-likeness (QED) is 0.724. The number of aryl methyl sites for hydroxylation is 2. The summed E-state index contributed by atoms with van der Waals surface area (Å²) in [6, 6.07) is 11.7. The number of thiophene rings is 1. The molecule has 142 valence electrons. The molecule has 2 aromatic rings. The lowest BCUT2D eigenvalue weighted by Crippen LogP contribution is -2.49. The van der Waals surface area contributed by atoms with Crippen LogP contribution >= 0.6 is 11.3 Å². The highest BCUT2D eigenvalue weighted by Gasteiger charge is 2.29. The first-order valence-corrected chi connectivity index (χ1v) is 11.3. The molecule has 0 N–H and O–H groups in total. The summed E-state index contributed by atoms with van der Waals surface area (Å²) in [5, 5.41) is 0. The highest BCUT2D eigenvalue weighted by Crippen LogP contribution is 2.26. The zero-order chi connectivity index (χ0) is 18.6. The number of piperazine rings is 1. The average Bonchev–Trinajstić information content (AvgIpc) is 3.12. The maximum absolute atomic E-state index is 12.7. The van der Waals surface area contributed by atoms with E-state index in [1.807, 2.05) is 44.2 Å². The van der Waals surface area contributed by atoms with Gasteiger partial charge in [-0.25, -0.2) is 8.42 Å². The maximum atomic E-state index is 12.7. The van der Waals surface area contributed by atoms with Crippen molar-refractivity contribution in [2.24, 2.45) is 0 Å². The Morgan fingerprint density at radius 2 is 1.88 bits per heavy atom. The van der Waals surface area contributed by atoms with Crippen LogP contribution < -0.4 is 4.74 Å². The molecule has 0 amide bonds. The normalized spacial score (nSPS) is 16.7. The van der Waals surface area contributed by atoms with E-state index in [-0.39, 0.29) is 0 Å². The van der Waals surface area contributed by atoms with Crippen molar-refractivity contribution < 1.29 is 13.2 Å². The summed E-state index contributed by atoms with van der Waals surface area (Å²) in [6.07, 6.45) is 0.870. The van der Waals surface area contributed by atoms with Crippen LogP contribution in [0.1, 0.15) is 17.4 Å². The van der Waals surface area contributed by atoms with Crippen LogP contribution in [0.3, 0.4) is 0 Å². The van der Waals surface area contributed by atoms with E-state index < -0.39 is 10.0 Å². The summed E-state index contributed by atoms with van der Waals surface area (Å²) in [4.78, 5) is 3.36. The molecule has 1 aliphatic rings. The third-order valence-electron chi connectivity index (χ3n) is 4.58. The molecule has 1 fully saturated rings. The molecule has 7 heteroatoms. The van der Waals surface area contributed by atoms with Crippen molar-refractivity contribution in [3.8, 4) is 5.75 Å². The highest BCUT2D eigenvalue weighted by atomic mass is 32.2. The predicted molar refractivity (Wildman–Crippen MR) is 106 cm³/mol. The number of hydrogen-bond donors (Lipinski definition) is 0. The molecule has 1 aromatic carbocycles. The molecule has 0 spiro atoms. The van der Waals surface area contributed by atoms with Crippen molar-refractivity contribution in [1.82, 2.24) is 9.21 Å². The van der Waals surface area contributed by atoms with Gasteiger partial charge in [0.1, 0.15) is 16.6 Å². The van der Waals surface area contributed by atoms with Crippen molar-refractivity contribution in [3.05, 3.63) is 46.8 Å². The molecule has 0 aliphatic carbocycles. The van der Waals surface area contributed by atoms with Gasteiger partial charge in [0.05, 0.1) is 0 Å². The number of nitrogens with zero attached hydrogens (tertiary/aromatic N) is 2. The van der Waals surface area contributed by atoms with Crippen molar-refractivity contribution in [2.45, 2.75) is 24.5 Å². The molecule has 1 aliphatic heterocycles. The van der Waals surface area contributed by atoms with Crippen molar-refractivity contribution in [3.63, 3.8) is 0 Å². The first-order chi connectivity index (χ1) is 12.5. The Morgan fingerprint density at radius 3 is 2.54 bits per heavy atom. The van der Waals surface area contributed by atoms with Crippen LogP contribution in [0.5, 0.6) is 5.75 Å². The first kappa shape index (κ1) is 19.4. The molecule has 0 radical (unpaired) electrons. The maximum Gasteiger partial charge on any atom is 0.252 e. The molecule has 1 saturated heterocycles. The molecule has 5 nitrogen and oxygen atoms in total. The van der Waals surface area contributed by atoms with Gasteiger partial charge in [0.25, 0.3) is 10.0 Å². The molecule has 26 heavy (non-hydrogen) atoms. The Balaban J connectivity index is 1.48. The smallest absolute Gasteiger partial charge is 0.252 e. The zero-order valence-corrected chi connectivity index (χ0v) is 17.0. The van der Waals surface area contributed by atoms with Crippen LogP contribution in [0.25, 0.3) is 0 Å². The summed E-state index contributed by atoms with van der Waals surface area (Å²) < 4.78 is 33.4. The van der Waals surface area contributed by atoms with Gasteiger partial charge in [-0.05, 0) is 43.2 Å². The average molecular weight is 395 g/mol. The lowest BCUT2D eigenvalue weighted by atomic mass is 10.2. The van der Waals surface area contributed by atoms with Gasteiger partial charge in [-0.3, -0.25) is 4.90 Å². The van der Waals surface area contributed by atoms with E-state index in [1.54, 1.807) is 10.4 Å². The standard InChI is InChI=1S/C19H26N2O3S2/c1-3-18-7-8-19(25-18)26(22,23)21-11-9-20(10-12-21)13-14-24-17-6-4-5-16(2)15-17/h4-8,15H,3,9-14H2,1-2H3. The number of hydrogen-bond acceptors (Lipinski definition) is 5. The van der Waals surface area contributed by atoms with Crippen LogP contribution in [-0.2, 0) is 16.4 Å². The van der Waals surface area contributed by atoms with Gasteiger partial charge in [-0.15, -0.1) is 11.3 Å². The largest absolute Gasteiger partial charge is 0.492 e. The van der Waals surface area contributed by atoms with E-state index in [0.717, 1.165) is 36.7 Å². The Labute approximate surface area is 160 Å². The van der Waals surface area contributed by atoms with E-state index in [4.69, 9.17) is 4.74 Å². The fraction of sp³-hybridized carbons (Fsp3) is 0.474. The van der Waals surface area contributed by atoms with Crippen molar-refractivity contribution in [2.75, 3.05) is 39.3 Å². The first-order valence-electron chi connectivity index (χ1n) is 8.99. The lowest BCUT2D eigenvalue weighted by Gasteiger charge is -2.33. The number of benzene rings is 1. The second-order valence-electron chi connectivity index (χ2n) is 6.48. The monoisotopic (exact) mass is 394 g/mol. The van der Waals surface area contributed by atoms with Gasteiger partial charge in [0.2, 0.25) is 0 Å². The minimum atomic E-state index is -3.35. The lowest BCUT2D eigenvalue weighted by molar-refractivity contribution is 0.159. The third kappa shape index (κ3) is 4.65. The predicted octanol–water partition coefficient (Wildman–Crippen LogP) is 3.00. The summed E-state index contributed by atoms with van der Waals surface area (Å²) in [6.45, 7) is 8.05. The van der Waals surface area contributed by atoms with Crippen LogP contribution in [0.4, 0.5) is 0 Å². The second kappa shape index (κ2) is 8.52. The van der Waals surface area contributed by atoms with E-state index >= 15 is 0 Å². The van der Waals surface area contributed by atoms with Gasteiger partial charge in [0.15, 0.2) is 0 Å². The van der Waals surface area contributed by atoms with E-state index in [9.17, 15) is 8.42 Å².